The van der Waals surface area contributed by atoms with Crippen molar-refractivity contribution in [3.63, 3.8) is 0 Å². The minimum Gasteiger partial charge on any atom is -0.356 e. The fourth-order valence-electron chi connectivity index (χ4n) is 3.52. The first-order valence-electron chi connectivity index (χ1n) is 10.3. The first-order chi connectivity index (χ1) is 14.0. The highest BCUT2D eigenvalue weighted by Gasteiger charge is 2.14. The number of carbonyl (C=O) groups is 1. The molecule has 0 aliphatic carbocycles. The molecule has 2 aromatic heterocycles. The number of rotatable bonds is 9. The van der Waals surface area contributed by atoms with Crippen molar-refractivity contribution < 1.29 is 4.79 Å². The van der Waals surface area contributed by atoms with Gasteiger partial charge in [0.1, 0.15) is 0 Å². The first-order valence-corrected chi connectivity index (χ1v) is 10.3. The molecule has 1 aromatic carbocycles. The Bertz CT molecular complexity index is 923. The van der Waals surface area contributed by atoms with Crippen LogP contribution in [0, 0.1) is 13.8 Å². The predicted octanol–water partition coefficient (Wildman–Crippen LogP) is 3.95. The molecule has 0 spiro atoms. The molecule has 6 heteroatoms. The third-order valence-corrected chi connectivity index (χ3v) is 5.32. The lowest BCUT2D eigenvalue weighted by atomic mass is 10.0. The molecule has 0 fully saturated rings. The summed E-state index contributed by atoms with van der Waals surface area (Å²) in [6.07, 6.45) is 7.56. The number of benzene rings is 1. The van der Waals surface area contributed by atoms with Crippen molar-refractivity contribution in [2.24, 2.45) is 0 Å². The maximum atomic E-state index is 12.2. The number of nitrogens with one attached hydrogen (secondary N) is 1. The van der Waals surface area contributed by atoms with Crippen LogP contribution in [0.1, 0.15) is 55.1 Å². The van der Waals surface area contributed by atoms with Gasteiger partial charge >= 0.3 is 0 Å². The second-order valence-corrected chi connectivity index (χ2v) is 7.81. The van der Waals surface area contributed by atoms with E-state index in [1.54, 1.807) is 12.5 Å². The van der Waals surface area contributed by atoms with Crippen LogP contribution >= 0.6 is 0 Å². The van der Waals surface area contributed by atoms with Crippen LogP contribution in [0.4, 0.5) is 0 Å². The van der Waals surface area contributed by atoms with Gasteiger partial charge in [-0.05, 0) is 55.9 Å². The number of aryl methyl sites for hydroxylation is 2. The Kier molecular flexibility index (Phi) is 6.86. The molecule has 6 nitrogen and oxygen atoms in total. The molecular weight excluding hydrogens is 362 g/mol. The molecule has 0 unspecified atom stereocenters. The molecular formula is C23H31N5O. The lowest BCUT2D eigenvalue weighted by Crippen LogP contribution is -2.25. The van der Waals surface area contributed by atoms with E-state index in [0.29, 0.717) is 25.3 Å². The topological polar surface area (TPSA) is 64.7 Å². The normalized spacial score (nSPS) is 11.2. The summed E-state index contributed by atoms with van der Waals surface area (Å²) >= 11 is 0. The van der Waals surface area contributed by atoms with Crippen LogP contribution in [0.3, 0.4) is 0 Å². The molecule has 3 aromatic rings. The third-order valence-electron chi connectivity index (χ3n) is 5.32. The standard InChI is InChI=1S/C23H31N5O/c1-17(2)20-6-8-21(9-7-20)28-19(4)22(18(3)26-28)10-11-23(29)25-12-5-14-27-15-13-24-16-27/h6-9,13,15-17H,5,10-12,14H2,1-4H3,(H,25,29). The maximum Gasteiger partial charge on any atom is 0.220 e. The van der Waals surface area contributed by atoms with Gasteiger partial charge in [-0.25, -0.2) is 9.67 Å². The summed E-state index contributed by atoms with van der Waals surface area (Å²) in [5.74, 6) is 0.599. The first kappa shape index (κ1) is 20.8. The van der Waals surface area contributed by atoms with E-state index in [9.17, 15) is 4.79 Å². The SMILES string of the molecule is Cc1nn(-c2ccc(C(C)C)cc2)c(C)c1CCC(=O)NCCCn1ccnc1. The van der Waals surface area contributed by atoms with Crippen molar-refractivity contribution in [2.45, 2.75) is 59.4 Å². The van der Waals surface area contributed by atoms with Crippen molar-refractivity contribution in [1.82, 2.24) is 24.6 Å². The fraction of sp³-hybridized carbons (Fsp3) is 0.435. The summed E-state index contributed by atoms with van der Waals surface area (Å²) in [4.78, 5) is 16.2. The Morgan fingerprint density at radius 3 is 2.59 bits per heavy atom. The number of aromatic nitrogens is 4. The second kappa shape index (κ2) is 9.54. The van der Waals surface area contributed by atoms with Crippen molar-refractivity contribution in [1.29, 1.82) is 0 Å². The highest BCUT2D eigenvalue weighted by molar-refractivity contribution is 5.76. The van der Waals surface area contributed by atoms with Gasteiger partial charge in [0.15, 0.2) is 0 Å². The van der Waals surface area contributed by atoms with Gasteiger partial charge in [-0.2, -0.15) is 5.10 Å². The van der Waals surface area contributed by atoms with Crippen molar-refractivity contribution in [3.05, 3.63) is 65.5 Å². The number of hydrogen-bond acceptors (Lipinski definition) is 3. The van der Waals surface area contributed by atoms with Crippen LogP contribution in [0.2, 0.25) is 0 Å². The highest BCUT2D eigenvalue weighted by atomic mass is 16.1. The third kappa shape index (κ3) is 5.34. The summed E-state index contributed by atoms with van der Waals surface area (Å²) < 4.78 is 4.00. The molecule has 1 N–H and O–H groups in total. The molecule has 0 aliphatic heterocycles. The molecule has 0 bridgehead atoms. The van der Waals surface area contributed by atoms with E-state index >= 15 is 0 Å². The predicted molar refractivity (Wildman–Crippen MR) is 115 cm³/mol. The van der Waals surface area contributed by atoms with Gasteiger partial charge in [0.2, 0.25) is 5.91 Å². The Morgan fingerprint density at radius 1 is 1.17 bits per heavy atom. The minimum atomic E-state index is 0.0865. The van der Waals surface area contributed by atoms with Crippen LogP contribution in [-0.2, 0) is 17.8 Å². The zero-order valence-corrected chi connectivity index (χ0v) is 17.9. The molecule has 0 aliphatic rings. The zero-order chi connectivity index (χ0) is 20.8. The molecule has 29 heavy (non-hydrogen) atoms. The number of amides is 1. The molecule has 0 saturated heterocycles. The average molecular weight is 394 g/mol. The van der Waals surface area contributed by atoms with Crippen molar-refractivity contribution >= 4 is 5.91 Å². The van der Waals surface area contributed by atoms with E-state index in [2.05, 4.69) is 55.3 Å². The van der Waals surface area contributed by atoms with E-state index in [1.807, 2.05) is 22.4 Å². The summed E-state index contributed by atoms with van der Waals surface area (Å²) in [7, 11) is 0. The Balaban J connectivity index is 1.53. The van der Waals surface area contributed by atoms with Crippen molar-refractivity contribution in [3.8, 4) is 5.69 Å². The van der Waals surface area contributed by atoms with E-state index in [4.69, 9.17) is 5.10 Å². The summed E-state index contributed by atoms with van der Waals surface area (Å²) in [6.45, 7) is 10.0. The van der Waals surface area contributed by atoms with Gasteiger partial charge in [-0.1, -0.05) is 26.0 Å². The van der Waals surface area contributed by atoms with Crippen molar-refractivity contribution in [2.75, 3.05) is 6.54 Å². The molecule has 154 valence electrons. The Labute approximate surface area is 173 Å². The minimum absolute atomic E-state index is 0.0865. The van der Waals surface area contributed by atoms with Crippen LogP contribution in [0.25, 0.3) is 5.69 Å². The lowest BCUT2D eigenvalue weighted by molar-refractivity contribution is -0.121. The molecule has 1 amide bonds. The second-order valence-electron chi connectivity index (χ2n) is 7.81. The van der Waals surface area contributed by atoms with Crippen LogP contribution in [0.5, 0.6) is 0 Å². The van der Waals surface area contributed by atoms with Gasteiger partial charge in [-0.3, -0.25) is 4.79 Å². The fourth-order valence-corrected chi connectivity index (χ4v) is 3.52. The lowest BCUT2D eigenvalue weighted by Gasteiger charge is -2.09. The van der Waals surface area contributed by atoms with E-state index in [1.165, 1.54) is 5.56 Å². The number of nitrogens with zero attached hydrogens (tertiary/aromatic N) is 4. The molecule has 0 atom stereocenters. The summed E-state index contributed by atoms with van der Waals surface area (Å²) in [5.41, 5.74) is 5.63. The van der Waals surface area contributed by atoms with Gasteiger partial charge in [0.25, 0.3) is 0 Å². The number of hydrogen-bond donors (Lipinski definition) is 1. The van der Waals surface area contributed by atoms with E-state index in [0.717, 1.165) is 35.6 Å². The monoisotopic (exact) mass is 393 g/mol. The van der Waals surface area contributed by atoms with E-state index < -0.39 is 0 Å². The van der Waals surface area contributed by atoms with Gasteiger partial charge in [-0.15, -0.1) is 0 Å². The highest BCUT2D eigenvalue weighted by Crippen LogP contribution is 2.21. The summed E-state index contributed by atoms with van der Waals surface area (Å²) in [5, 5.41) is 7.72. The Hall–Kier alpha value is -2.89. The van der Waals surface area contributed by atoms with Gasteiger partial charge in [0, 0.05) is 37.6 Å². The van der Waals surface area contributed by atoms with Gasteiger partial charge in [0.05, 0.1) is 17.7 Å². The average Bonchev–Trinajstić information content (AvgIpc) is 3.32. The molecule has 2 heterocycles. The van der Waals surface area contributed by atoms with Crippen LogP contribution < -0.4 is 5.32 Å². The summed E-state index contributed by atoms with van der Waals surface area (Å²) in [6, 6.07) is 8.55. The number of carbonyl (C=O) groups excluding carboxylic acids is 1. The largest absolute Gasteiger partial charge is 0.356 e. The molecule has 0 radical (unpaired) electrons. The van der Waals surface area contributed by atoms with E-state index in [-0.39, 0.29) is 5.91 Å². The zero-order valence-electron chi connectivity index (χ0n) is 17.9. The van der Waals surface area contributed by atoms with Gasteiger partial charge < -0.3 is 9.88 Å². The van der Waals surface area contributed by atoms with Crippen LogP contribution in [0.15, 0.2) is 43.0 Å². The molecule has 3 rings (SSSR count). The quantitative estimate of drug-likeness (QED) is 0.560. The Morgan fingerprint density at radius 2 is 1.93 bits per heavy atom. The maximum absolute atomic E-state index is 12.2. The number of imidazole rings is 1. The molecule has 0 saturated carbocycles. The van der Waals surface area contributed by atoms with Crippen LogP contribution in [-0.4, -0.2) is 31.8 Å². The smallest absolute Gasteiger partial charge is 0.220 e.